The molecule has 1 saturated heterocycles. The van der Waals surface area contributed by atoms with E-state index in [1.54, 1.807) is 0 Å². The average molecular weight is 215 g/mol. The van der Waals surface area contributed by atoms with Crippen LogP contribution in [-0.4, -0.2) is 47.5 Å². The summed E-state index contributed by atoms with van der Waals surface area (Å²) in [5.74, 6) is 0.896. The lowest BCUT2D eigenvalue weighted by Crippen LogP contribution is -2.39. The Kier molecular flexibility index (Phi) is 6.22. The number of hydrogen-bond donors (Lipinski definition) is 2. The van der Waals surface area contributed by atoms with Gasteiger partial charge in [0.2, 0.25) is 0 Å². The van der Waals surface area contributed by atoms with Crippen molar-refractivity contribution in [3.63, 3.8) is 0 Å². The van der Waals surface area contributed by atoms with E-state index in [1.165, 1.54) is 32.1 Å². The minimum absolute atomic E-state index is 0.115. The van der Waals surface area contributed by atoms with E-state index >= 15 is 0 Å². The number of hydrogen-bond acceptors (Lipinski definition) is 3. The van der Waals surface area contributed by atoms with Gasteiger partial charge >= 0.3 is 0 Å². The summed E-state index contributed by atoms with van der Waals surface area (Å²) < 4.78 is 0. The van der Waals surface area contributed by atoms with Crippen molar-refractivity contribution in [3.8, 4) is 0 Å². The molecule has 0 aliphatic carbocycles. The molecule has 15 heavy (non-hydrogen) atoms. The van der Waals surface area contributed by atoms with Gasteiger partial charge < -0.3 is 15.1 Å². The van der Waals surface area contributed by atoms with Gasteiger partial charge in [0.1, 0.15) is 0 Å². The summed E-state index contributed by atoms with van der Waals surface area (Å²) in [4.78, 5) is 2.27. The number of likely N-dealkylation sites (tertiary alicyclic amines) is 1. The van der Waals surface area contributed by atoms with Crippen molar-refractivity contribution in [2.75, 3.05) is 26.2 Å². The molecule has 0 radical (unpaired) electrons. The van der Waals surface area contributed by atoms with Crippen LogP contribution in [0, 0.1) is 5.92 Å². The van der Waals surface area contributed by atoms with E-state index in [0.717, 1.165) is 19.0 Å². The minimum Gasteiger partial charge on any atom is -0.394 e. The third kappa shape index (κ3) is 4.96. The zero-order chi connectivity index (χ0) is 11.1. The van der Waals surface area contributed by atoms with Crippen LogP contribution in [0.25, 0.3) is 0 Å². The molecule has 1 fully saturated rings. The molecule has 1 rings (SSSR count). The molecule has 0 amide bonds. The first-order chi connectivity index (χ1) is 7.26. The highest BCUT2D eigenvalue weighted by atomic mass is 16.3. The molecule has 2 N–H and O–H groups in total. The largest absolute Gasteiger partial charge is 0.394 e. The van der Waals surface area contributed by atoms with E-state index < -0.39 is 6.10 Å². The number of nitrogens with zero attached hydrogens (tertiary/aromatic N) is 1. The fourth-order valence-corrected chi connectivity index (χ4v) is 2.31. The Balaban J connectivity index is 2.12. The Hall–Kier alpha value is -0.120. The number of aliphatic hydroxyl groups is 2. The summed E-state index contributed by atoms with van der Waals surface area (Å²) in [6, 6.07) is 0. The van der Waals surface area contributed by atoms with Crippen LogP contribution in [0.4, 0.5) is 0 Å². The normalized spacial score (nSPS) is 21.8. The highest BCUT2D eigenvalue weighted by Crippen LogP contribution is 2.22. The molecule has 0 saturated carbocycles. The van der Waals surface area contributed by atoms with Crippen molar-refractivity contribution in [1.82, 2.24) is 4.90 Å². The van der Waals surface area contributed by atoms with Crippen molar-refractivity contribution < 1.29 is 10.2 Å². The molecule has 1 aliphatic rings. The molecule has 3 nitrogen and oxygen atoms in total. The standard InChI is InChI=1S/C12H25NO2/c1-2-3-4-11-5-7-13(8-6-11)9-12(15)10-14/h11-12,14-15H,2-10H2,1H3. The molecule has 0 spiro atoms. The second kappa shape index (κ2) is 7.20. The van der Waals surface area contributed by atoms with E-state index in [9.17, 15) is 5.11 Å². The Morgan fingerprint density at radius 3 is 2.53 bits per heavy atom. The van der Waals surface area contributed by atoms with Crippen molar-refractivity contribution in [1.29, 1.82) is 0 Å². The predicted octanol–water partition coefficient (Wildman–Crippen LogP) is 1.24. The van der Waals surface area contributed by atoms with Gasteiger partial charge in [0, 0.05) is 6.54 Å². The van der Waals surface area contributed by atoms with Crippen LogP contribution < -0.4 is 0 Å². The summed E-state index contributed by atoms with van der Waals surface area (Å²) >= 11 is 0. The molecule has 3 heteroatoms. The molecule has 0 aromatic heterocycles. The number of unbranched alkanes of at least 4 members (excludes halogenated alkanes) is 1. The minimum atomic E-state index is -0.558. The lowest BCUT2D eigenvalue weighted by atomic mass is 9.91. The van der Waals surface area contributed by atoms with Crippen molar-refractivity contribution in [2.24, 2.45) is 5.92 Å². The van der Waals surface area contributed by atoms with Gasteiger partial charge in [-0.3, -0.25) is 0 Å². The van der Waals surface area contributed by atoms with E-state index in [0.29, 0.717) is 6.54 Å². The Morgan fingerprint density at radius 1 is 1.33 bits per heavy atom. The molecule has 1 atom stereocenters. The maximum Gasteiger partial charge on any atom is 0.0897 e. The van der Waals surface area contributed by atoms with Crippen molar-refractivity contribution >= 4 is 0 Å². The molecule has 90 valence electrons. The molecular weight excluding hydrogens is 190 g/mol. The van der Waals surface area contributed by atoms with Gasteiger partial charge in [0.25, 0.3) is 0 Å². The van der Waals surface area contributed by atoms with Crippen LogP contribution in [0.5, 0.6) is 0 Å². The van der Waals surface area contributed by atoms with Gasteiger partial charge in [-0.15, -0.1) is 0 Å². The first-order valence-electron chi connectivity index (χ1n) is 6.27. The second-order valence-corrected chi connectivity index (χ2v) is 4.72. The van der Waals surface area contributed by atoms with E-state index in [4.69, 9.17) is 5.11 Å². The first-order valence-corrected chi connectivity index (χ1v) is 6.27. The predicted molar refractivity (Wildman–Crippen MR) is 61.8 cm³/mol. The molecule has 1 unspecified atom stereocenters. The number of rotatable bonds is 6. The maximum atomic E-state index is 9.33. The third-order valence-electron chi connectivity index (χ3n) is 3.35. The van der Waals surface area contributed by atoms with Crippen LogP contribution in [0.2, 0.25) is 0 Å². The Bertz CT molecular complexity index is 156. The number of aliphatic hydroxyl groups excluding tert-OH is 2. The van der Waals surface area contributed by atoms with E-state index in [2.05, 4.69) is 11.8 Å². The molecule has 1 heterocycles. The number of piperidine rings is 1. The SMILES string of the molecule is CCCCC1CCN(CC(O)CO)CC1. The summed E-state index contributed by atoms with van der Waals surface area (Å²) in [7, 11) is 0. The van der Waals surface area contributed by atoms with Crippen LogP contribution in [0.1, 0.15) is 39.0 Å². The van der Waals surface area contributed by atoms with Crippen LogP contribution in [-0.2, 0) is 0 Å². The summed E-state index contributed by atoms with van der Waals surface area (Å²) in [6.45, 7) is 4.94. The Labute approximate surface area is 93.1 Å². The quantitative estimate of drug-likeness (QED) is 0.700. The van der Waals surface area contributed by atoms with Crippen molar-refractivity contribution in [3.05, 3.63) is 0 Å². The highest BCUT2D eigenvalue weighted by molar-refractivity contribution is 4.74. The smallest absolute Gasteiger partial charge is 0.0897 e. The van der Waals surface area contributed by atoms with E-state index in [-0.39, 0.29) is 6.61 Å². The van der Waals surface area contributed by atoms with Gasteiger partial charge in [-0.2, -0.15) is 0 Å². The molecule has 0 bridgehead atoms. The summed E-state index contributed by atoms with van der Waals surface area (Å²) in [5, 5.41) is 18.1. The molecule has 0 aromatic carbocycles. The maximum absolute atomic E-state index is 9.33. The topological polar surface area (TPSA) is 43.7 Å². The van der Waals surface area contributed by atoms with Gasteiger partial charge in [0.15, 0.2) is 0 Å². The fraction of sp³-hybridized carbons (Fsp3) is 1.00. The number of β-amino-alcohol motifs (C(OH)–C–C–N with tert-alkyl or cyclic N) is 1. The lowest BCUT2D eigenvalue weighted by molar-refractivity contribution is 0.0467. The van der Waals surface area contributed by atoms with Crippen LogP contribution >= 0.6 is 0 Å². The van der Waals surface area contributed by atoms with Gasteiger partial charge in [-0.1, -0.05) is 26.2 Å². The summed E-state index contributed by atoms with van der Waals surface area (Å²) in [5.41, 5.74) is 0. The third-order valence-corrected chi connectivity index (χ3v) is 3.35. The molecular formula is C12H25NO2. The molecule has 0 aromatic rings. The average Bonchev–Trinajstić information content (AvgIpc) is 2.28. The highest BCUT2D eigenvalue weighted by Gasteiger charge is 2.20. The van der Waals surface area contributed by atoms with Gasteiger partial charge in [0.05, 0.1) is 12.7 Å². The van der Waals surface area contributed by atoms with Crippen LogP contribution in [0.15, 0.2) is 0 Å². The van der Waals surface area contributed by atoms with E-state index in [1.807, 2.05) is 0 Å². The fourth-order valence-electron chi connectivity index (χ4n) is 2.31. The molecule has 1 aliphatic heterocycles. The zero-order valence-corrected chi connectivity index (χ0v) is 9.86. The monoisotopic (exact) mass is 215 g/mol. The zero-order valence-electron chi connectivity index (χ0n) is 9.86. The second-order valence-electron chi connectivity index (χ2n) is 4.72. The van der Waals surface area contributed by atoms with Gasteiger partial charge in [-0.05, 0) is 31.8 Å². The lowest BCUT2D eigenvalue weighted by Gasteiger charge is -2.32. The van der Waals surface area contributed by atoms with Gasteiger partial charge in [-0.25, -0.2) is 0 Å². The summed E-state index contributed by atoms with van der Waals surface area (Å²) in [6.07, 6.45) is 5.98. The van der Waals surface area contributed by atoms with Crippen molar-refractivity contribution in [2.45, 2.75) is 45.1 Å². The first kappa shape index (κ1) is 12.9. The van der Waals surface area contributed by atoms with Crippen LogP contribution in [0.3, 0.4) is 0 Å². The Morgan fingerprint density at radius 2 is 2.00 bits per heavy atom.